The molecular weight excluding hydrogens is 338 g/mol. The predicted molar refractivity (Wildman–Crippen MR) is 106 cm³/mol. The molecule has 6 nitrogen and oxygen atoms in total. The van der Waals surface area contributed by atoms with Crippen LogP contribution in [0.1, 0.15) is 31.7 Å². The number of benzene rings is 1. The molecule has 2 aliphatic heterocycles. The molecular formula is C21H29N5O. The summed E-state index contributed by atoms with van der Waals surface area (Å²) < 4.78 is 1.88. The van der Waals surface area contributed by atoms with E-state index >= 15 is 0 Å². The van der Waals surface area contributed by atoms with Gasteiger partial charge >= 0.3 is 6.03 Å². The Kier molecular flexibility index (Phi) is 5.43. The number of amides is 2. The van der Waals surface area contributed by atoms with Crippen LogP contribution in [-0.2, 0) is 6.42 Å². The highest BCUT2D eigenvalue weighted by molar-refractivity contribution is 5.74. The lowest BCUT2D eigenvalue weighted by Crippen LogP contribution is -2.59. The molecule has 144 valence electrons. The van der Waals surface area contributed by atoms with E-state index in [4.69, 9.17) is 0 Å². The second kappa shape index (κ2) is 8.13. The maximum atomic E-state index is 12.7. The lowest BCUT2D eigenvalue weighted by Gasteiger charge is -2.43. The second-order valence-corrected chi connectivity index (χ2v) is 7.62. The van der Waals surface area contributed by atoms with Crippen LogP contribution in [0.15, 0.2) is 42.7 Å². The van der Waals surface area contributed by atoms with Crippen LogP contribution >= 0.6 is 0 Å². The first-order valence-corrected chi connectivity index (χ1v) is 10.1. The Morgan fingerprint density at radius 2 is 2.11 bits per heavy atom. The molecule has 2 aliphatic rings. The third-order valence-corrected chi connectivity index (χ3v) is 5.87. The molecule has 1 aromatic heterocycles. The van der Waals surface area contributed by atoms with E-state index in [-0.39, 0.29) is 6.03 Å². The number of nitrogens with zero attached hydrogens (tertiary/aromatic N) is 4. The summed E-state index contributed by atoms with van der Waals surface area (Å²) >= 11 is 0. The highest BCUT2D eigenvalue weighted by Crippen LogP contribution is 2.25. The van der Waals surface area contributed by atoms with Gasteiger partial charge in [-0.1, -0.05) is 25.1 Å². The fourth-order valence-corrected chi connectivity index (χ4v) is 4.31. The molecule has 6 heteroatoms. The van der Waals surface area contributed by atoms with Crippen LogP contribution in [0.5, 0.6) is 0 Å². The number of hydrogen-bond acceptors (Lipinski definition) is 3. The van der Waals surface area contributed by atoms with Gasteiger partial charge in [0.25, 0.3) is 0 Å². The van der Waals surface area contributed by atoms with Crippen molar-refractivity contribution in [1.29, 1.82) is 0 Å². The second-order valence-electron chi connectivity index (χ2n) is 7.62. The molecule has 0 saturated carbocycles. The van der Waals surface area contributed by atoms with Crippen molar-refractivity contribution in [1.82, 2.24) is 24.9 Å². The molecule has 1 N–H and O–H groups in total. The average molecular weight is 367 g/mol. The van der Waals surface area contributed by atoms with Crippen LogP contribution < -0.4 is 5.32 Å². The summed E-state index contributed by atoms with van der Waals surface area (Å²) in [6.07, 6.45) is 8.21. The van der Waals surface area contributed by atoms with E-state index in [1.165, 1.54) is 19.4 Å². The fraction of sp³-hybridized carbons (Fsp3) is 0.524. The predicted octanol–water partition coefficient (Wildman–Crippen LogP) is 2.68. The third kappa shape index (κ3) is 4.00. The summed E-state index contributed by atoms with van der Waals surface area (Å²) in [6.45, 7) is 5.91. The SMILES string of the molecule is CCC1CN2CCCC2CN1C(=O)NCCc1cnn(-c2ccccc2)c1. The Hall–Kier alpha value is -2.34. The van der Waals surface area contributed by atoms with Gasteiger partial charge in [-0.25, -0.2) is 9.48 Å². The molecule has 3 heterocycles. The Morgan fingerprint density at radius 3 is 2.93 bits per heavy atom. The van der Waals surface area contributed by atoms with Crippen LogP contribution in [0.4, 0.5) is 4.79 Å². The van der Waals surface area contributed by atoms with Gasteiger partial charge in [0.1, 0.15) is 0 Å². The van der Waals surface area contributed by atoms with Crippen molar-refractivity contribution in [3.63, 3.8) is 0 Å². The average Bonchev–Trinajstić information content (AvgIpc) is 3.36. The standard InChI is InChI=1S/C21H29N5O/c1-2-18-15-24-12-6-9-20(24)16-25(18)21(27)22-11-10-17-13-23-26(14-17)19-7-4-3-5-8-19/h3-5,7-8,13-14,18,20H,2,6,9-12,15-16H2,1H3,(H,22,27). The minimum absolute atomic E-state index is 0.0869. The maximum absolute atomic E-state index is 12.7. The first-order chi connectivity index (χ1) is 13.2. The number of carbonyl (C=O) groups is 1. The molecule has 2 unspecified atom stereocenters. The van der Waals surface area contributed by atoms with Gasteiger partial charge in [-0.15, -0.1) is 0 Å². The number of fused-ring (bicyclic) bond motifs is 1. The summed E-state index contributed by atoms with van der Waals surface area (Å²) in [4.78, 5) is 17.4. The van der Waals surface area contributed by atoms with Gasteiger partial charge in [0, 0.05) is 37.9 Å². The van der Waals surface area contributed by atoms with Crippen molar-refractivity contribution in [3.05, 3.63) is 48.3 Å². The zero-order valence-corrected chi connectivity index (χ0v) is 16.1. The van der Waals surface area contributed by atoms with Crippen molar-refractivity contribution in [3.8, 4) is 5.69 Å². The molecule has 2 amide bonds. The van der Waals surface area contributed by atoms with E-state index in [1.807, 2.05) is 47.4 Å². The number of hydrogen-bond donors (Lipinski definition) is 1. The van der Waals surface area contributed by atoms with Crippen molar-refractivity contribution < 1.29 is 4.79 Å². The molecule has 0 spiro atoms. The van der Waals surface area contributed by atoms with Crippen molar-refractivity contribution in [2.45, 2.75) is 44.7 Å². The molecule has 0 bridgehead atoms. The van der Waals surface area contributed by atoms with E-state index in [0.29, 0.717) is 18.6 Å². The number of urea groups is 1. The smallest absolute Gasteiger partial charge is 0.317 e. The van der Waals surface area contributed by atoms with Crippen molar-refractivity contribution >= 4 is 6.03 Å². The van der Waals surface area contributed by atoms with Gasteiger partial charge in [0.15, 0.2) is 0 Å². The fourth-order valence-electron chi connectivity index (χ4n) is 4.31. The van der Waals surface area contributed by atoms with Crippen LogP contribution in [0.25, 0.3) is 5.69 Å². The molecule has 4 rings (SSSR count). The van der Waals surface area contributed by atoms with Gasteiger partial charge < -0.3 is 10.2 Å². The summed E-state index contributed by atoms with van der Waals surface area (Å²) in [5.41, 5.74) is 2.18. The van der Waals surface area contributed by atoms with Gasteiger partial charge in [-0.05, 0) is 49.9 Å². The van der Waals surface area contributed by atoms with Crippen molar-refractivity contribution in [2.75, 3.05) is 26.2 Å². The largest absolute Gasteiger partial charge is 0.338 e. The van der Waals surface area contributed by atoms with Gasteiger partial charge in [-0.2, -0.15) is 5.10 Å². The van der Waals surface area contributed by atoms with E-state index < -0.39 is 0 Å². The van der Waals surface area contributed by atoms with Gasteiger partial charge in [0.2, 0.25) is 0 Å². The number of para-hydroxylation sites is 1. The maximum Gasteiger partial charge on any atom is 0.317 e. The lowest BCUT2D eigenvalue weighted by atomic mass is 10.1. The Balaban J connectivity index is 1.30. The zero-order valence-electron chi connectivity index (χ0n) is 16.1. The van der Waals surface area contributed by atoms with Crippen LogP contribution in [-0.4, -0.2) is 63.9 Å². The normalized spacial score (nSPS) is 22.6. The molecule has 2 atom stereocenters. The number of carbonyl (C=O) groups excluding carboxylic acids is 1. The molecule has 0 aliphatic carbocycles. The molecule has 2 aromatic rings. The number of rotatable bonds is 5. The van der Waals surface area contributed by atoms with Crippen LogP contribution in [0.2, 0.25) is 0 Å². The highest BCUT2D eigenvalue weighted by atomic mass is 16.2. The highest BCUT2D eigenvalue weighted by Gasteiger charge is 2.37. The van der Waals surface area contributed by atoms with Crippen LogP contribution in [0.3, 0.4) is 0 Å². The molecule has 2 fully saturated rings. The number of aromatic nitrogens is 2. The summed E-state index contributed by atoms with van der Waals surface area (Å²) in [6, 6.07) is 11.1. The molecule has 0 radical (unpaired) electrons. The van der Waals surface area contributed by atoms with Crippen molar-refractivity contribution in [2.24, 2.45) is 0 Å². The van der Waals surface area contributed by atoms with E-state index in [0.717, 1.165) is 37.2 Å². The summed E-state index contributed by atoms with van der Waals surface area (Å²) in [5, 5.41) is 7.55. The molecule has 1 aromatic carbocycles. The van der Waals surface area contributed by atoms with Gasteiger partial charge in [0.05, 0.1) is 11.9 Å². The first-order valence-electron chi connectivity index (χ1n) is 10.1. The monoisotopic (exact) mass is 367 g/mol. The zero-order chi connectivity index (χ0) is 18.6. The van der Waals surface area contributed by atoms with E-state index in [9.17, 15) is 4.79 Å². The quantitative estimate of drug-likeness (QED) is 0.884. The van der Waals surface area contributed by atoms with Gasteiger partial charge in [-0.3, -0.25) is 4.90 Å². The molecule has 2 saturated heterocycles. The number of piperazine rings is 1. The Morgan fingerprint density at radius 1 is 1.26 bits per heavy atom. The number of nitrogens with one attached hydrogen (secondary N) is 1. The van der Waals surface area contributed by atoms with Crippen LogP contribution in [0, 0.1) is 0 Å². The Labute approximate surface area is 161 Å². The summed E-state index contributed by atoms with van der Waals surface area (Å²) in [7, 11) is 0. The van der Waals surface area contributed by atoms with E-state index in [1.54, 1.807) is 0 Å². The molecule has 27 heavy (non-hydrogen) atoms. The Bertz CT molecular complexity index is 759. The summed E-state index contributed by atoms with van der Waals surface area (Å²) in [5.74, 6) is 0. The first kappa shape index (κ1) is 18.0. The third-order valence-electron chi connectivity index (χ3n) is 5.87. The lowest BCUT2D eigenvalue weighted by molar-refractivity contribution is 0.0713. The van der Waals surface area contributed by atoms with E-state index in [2.05, 4.69) is 27.1 Å². The minimum Gasteiger partial charge on any atom is -0.338 e. The minimum atomic E-state index is 0.0869. The topological polar surface area (TPSA) is 53.4 Å².